The molecule has 2 N–H and O–H groups in total. The molecule has 10 bridgehead atoms. The van der Waals surface area contributed by atoms with E-state index in [1.165, 1.54) is 0 Å². The van der Waals surface area contributed by atoms with E-state index in [0.717, 1.165) is 11.1 Å². The van der Waals surface area contributed by atoms with E-state index in [0.29, 0.717) is 72.9 Å². The van der Waals surface area contributed by atoms with E-state index in [9.17, 15) is 9.59 Å². The molecule has 0 radical (unpaired) electrons. The number of rotatable bonds is 0. The van der Waals surface area contributed by atoms with Crippen LogP contribution < -0.4 is 10.6 Å². The lowest BCUT2D eigenvalue weighted by atomic mass is 10.1. The predicted molar refractivity (Wildman–Crippen MR) is 156 cm³/mol. The molecule has 5 aromatic rings. The average molecular weight is 560 g/mol. The first-order valence-corrected chi connectivity index (χ1v) is 13.8. The second-order valence-corrected chi connectivity index (χ2v) is 9.97. The summed E-state index contributed by atoms with van der Waals surface area (Å²) in [5, 5.41) is 23.0. The smallest absolute Gasteiger partial charge is 0.251 e. The van der Waals surface area contributed by atoms with Crippen molar-refractivity contribution in [1.29, 1.82) is 0 Å². The quantitative estimate of drug-likeness (QED) is 0.278. The van der Waals surface area contributed by atoms with E-state index in [-0.39, 0.29) is 11.8 Å². The molecular formula is C31H29N9O2. The van der Waals surface area contributed by atoms with Gasteiger partial charge in [0.15, 0.2) is 0 Å². The molecule has 0 atom stereocenters. The predicted octanol–water partition coefficient (Wildman–Crippen LogP) is 3.50. The molecule has 0 saturated carbocycles. The largest absolute Gasteiger partial charge is 0.352 e. The van der Waals surface area contributed by atoms with Crippen molar-refractivity contribution < 1.29 is 9.59 Å². The highest BCUT2D eigenvalue weighted by Gasteiger charge is 2.12. The Hall–Kier alpha value is -5.45. The van der Waals surface area contributed by atoms with E-state index in [1.807, 2.05) is 91.3 Å². The van der Waals surface area contributed by atoms with Gasteiger partial charge in [-0.2, -0.15) is 0 Å². The van der Waals surface area contributed by atoms with Crippen molar-refractivity contribution in [1.82, 2.24) is 45.6 Å². The Morgan fingerprint density at radius 2 is 1.02 bits per heavy atom. The lowest BCUT2D eigenvalue weighted by Crippen LogP contribution is -2.24. The van der Waals surface area contributed by atoms with Crippen molar-refractivity contribution in [2.24, 2.45) is 0 Å². The van der Waals surface area contributed by atoms with Crippen LogP contribution in [0.15, 0.2) is 91.3 Å². The van der Waals surface area contributed by atoms with Gasteiger partial charge in [-0.05, 0) is 60.4 Å². The van der Waals surface area contributed by atoms with Crippen LogP contribution >= 0.6 is 0 Å². The number of amides is 2. The summed E-state index contributed by atoms with van der Waals surface area (Å²) in [6.45, 7) is 2.08. The van der Waals surface area contributed by atoms with Crippen LogP contribution in [0.25, 0.3) is 22.8 Å². The van der Waals surface area contributed by atoms with E-state index in [1.54, 1.807) is 9.36 Å². The maximum Gasteiger partial charge on any atom is 0.251 e. The fourth-order valence-electron chi connectivity index (χ4n) is 4.58. The second-order valence-electron chi connectivity index (χ2n) is 9.97. The van der Waals surface area contributed by atoms with Crippen molar-refractivity contribution in [2.45, 2.75) is 25.9 Å². The summed E-state index contributed by atoms with van der Waals surface area (Å²) in [7, 11) is 0. The van der Waals surface area contributed by atoms with Gasteiger partial charge < -0.3 is 10.6 Å². The van der Waals surface area contributed by atoms with Crippen molar-refractivity contribution in [3.05, 3.63) is 114 Å². The lowest BCUT2D eigenvalue weighted by molar-refractivity contribution is 0.0945. The van der Waals surface area contributed by atoms with Crippen LogP contribution in [0.3, 0.4) is 0 Å². The Morgan fingerprint density at radius 3 is 1.48 bits per heavy atom. The molecule has 42 heavy (non-hydrogen) atoms. The number of carbonyl (C=O) groups is 2. The third kappa shape index (κ3) is 6.47. The van der Waals surface area contributed by atoms with Crippen LogP contribution in [0.5, 0.6) is 0 Å². The number of hydrogen-bond donors (Lipinski definition) is 2. The molecule has 9 rings (SSSR count). The minimum Gasteiger partial charge on any atom is -0.352 e. The molecule has 0 saturated heterocycles. The highest BCUT2D eigenvalue weighted by molar-refractivity contribution is 5.94. The first kappa shape index (κ1) is 26.8. The molecule has 11 nitrogen and oxygen atoms in total. The molecule has 0 aliphatic carbocycles. The van der Waals surface area contributed by atoms with Gasteiger partial charge in [-0.1, -0.05) is 52.9 Å². The van der Waals surface area contributed by atoms with Gasteiger partial charge >= 0.3 is 0 Å². The van der Waals surface area contributed by atoms with Gasteiger partial charge in [-0.3, -0.25) is 9.59 Å². The van der Waals surface area contributed by atoms with Crippen LogP contribution in [0.2, 0.25) is 0 Å². The number of benzene rings is 2. The zero-order valence-corrected chi connectivity index (χ0v) is 22.8. The van der Waals surface area contributed by atoms with Crippen molar-refractivity contribution in [2.75, 3.05) is 13.1 Å². The van der Waals surface area contributed by atoms with E-state index in [2.05, 4.69) is 31.3 Å². The summed E-state index contributed by atoms with van der Waals surface area (Å²) in [5.74, 6) is -0.238. The van der Waals surface area contributed by atoms with E-state index < -0.39 is 0 Å². The molecule has 11 heteroatoms. The molecule has 4 aliphatic rings. The van der Waals surface area contributed by atoms with Gasteiger partial charge in [0.25, 0.3) is 11.8 Å². The number of carbonyl (C=O) groups excluding carboxylic acids is 2. The van der Waals surface area contributed by atoms with Crippen LogP contribution in [0.1, 0.15) is 44.7 Å². The average Bonchev–Trinajstić information content (AvgIpc) is 3.69. The lowest BCUT2D eigenvalue weighted by Gasteiger charge is -2.06. The fraction of sp³-hybridized carbons (Fsp3) is 0.194. The zero-order chi connectivity index (χ0) is 28.7. The zero-order valence-electron chi connectivity index (χ0n) is 22.8. The standard InChI is InChI=1S/C31H29N9O2/c41-30-24-12-8-22(9-13-24)18-39-20-28(35-37-39)26-6-5-7-27(34-26)29-21-40(38-36-29)19-23-10-14-25(15-11-23)31(42)33-17-4-2-1-3-16-32-30/h1-2,5-15,20-21H,3-4,16-19H2,(H,32,41)(H,33,42)/b2-1-. The van der Waals surface area contributed by atoms with E-state index in [4.69, 9.17) is 4.98 Å². The molecule has 0 spiro atoms. The molecule has 4 aliphatic heterocycles. The SMILES string of the molecule is O=C1NCC/C=C\CCNC(=O)c2ccc(cc2)Cn2cc(nn2)-c2cccc(n2)-c2cn(nn2)Cc2ccc1cc2. The van der Waals surface area contributed by atoms with Crippen LogP contribution in [-0.2, 0) is 13.1 Å². The summed E-state index contributed by atoms with van der Waals surface area (Å²) in [6, 6.07) is 20.6. The normalized spacial score (nSPS) is 15.2. The first-order chi connectivity index (χ1) is 20.6. The maximum absolute atomic E-state index is 12.5. The topological polar surface area (TPSA) is 133 Å². The van der Waals surface area contributed by atoms with E-state index >= 15 is 0 Å². The van der Waals surface area contributed by atoms with Crippen LogP contribution in [0.4, 0.5) is 0 Å². The third-order valence-electron chi connectivity index (χ3n) is 6.83. The second kappa shape index (κ2) is 12.4. The molecule has 3 aromatic heterocycles. The number of aromatic nitrogens is 7. The van der Waals surface area contributed by atoms with Gasteiger partial charge in [-0.15, -0.1) is 10.2 Å². The monoisotopic (exact) mass is 559 g/mol. The molecule has 0 unspecified atom stereocenters. The summed E-state index contributed by atoms with van der Waals surface area (Å²) in [4.78, 5) is 29.8. The number of nitrogens with one attached hydrogen (secondary N) is 2. The molecule has 2 amide bonds. The third-order valence-corrected chi connectivity index (χ3v) is 6.83. The Morgan fingerprint density at radius 1 is 0.571 bits per heavy atom. The summed E-state index contributed by atoms with van der Waals surface area (Å²) < 4.78 is 3.49. The minimum atomic E-state index is -0.119. The Balaban J connectivity index is 1.23. The highest BCUT2D eigenvalue weighted by Crippen LogP contribution is 2.20. The van der Waals surface area contributed by atoms with Gasteiger partial charge in [-0.25, -0.2) is 14.3 Å². The van der Waals surface area contributed by atoms with Gasteiger partial charge in [0.2, 0.25) is 0 Å². The van der Waals surface area contributed by atoms with Gasteiger partial charge in [0, 0.05) is 24.2 Å². The van der Waals surface area contributed by atoms with Crippen molar-refractivity contribution >= 4 is 11.8 Å². The minimum absolute atomic E-state index is 0.119. The van der Waals surface area contributed by atoms with Crippen LogP contribution in [0, 0.1) is 0 Å². The number of hydrogen-bond acceptors (Lipinski definition) is 7. The summed E-state index contributed by atoms with van der Waals surface area (Å²) >= 11 is 0. The first-order valence-electron chi connectivity index (χ1n) is 13.8. The molecule has 7 heterocycles. The Bertz CT molecular complexity index is 1600. The fourth-order valence-corrected chi connectivity index (χ4v) is 4.58. The summed E-state index contributed by atoms with van der Waals surface area (Å²) in [6.07, 6.45) is 9.12. The molecular weight excluding hydrogens is 530 g/mol. The van der Waals surface area contributed by atoms with Crippen LogP contribution in [-0.4, -0.2) is 59.9 Å². The van der Waals surface area contributed by atoms with Gasteiger partial charge in [0.05, 0.1) is 36.9 Å². The number of pyridine rings is 1. The Labute approximate surface area is 242 Å². The molecule has 0 fully saturated rings. The van der Waals surface area contributed by atoms with Crippen molar-refractivity contribution in [3.63, 3.8) is 0 Å². The molecule has 210 valence electrons. The number of nitrogens with zero attached hydrogens (tertiary/aromatic N) is 7. The highest BCUT2D eigenvalue weighted by atomic mass is 16.2. The maximum atomic E-state index is 12.5. The van der Waals surface area contributed by atoms with Crippen molar-refractivity contribution in [3.8, 4) is 22.8 Å². The van der Waals surface area contributed by atoms with Gasteiger partial charge in [0.1, 0.15) is 11.4 Å². The molecule has 2 aromatic carbocycles. The summed E-state index contributed by atoms with van der Waals surface area (Å²) in [5.41, 5.74) is 5.81. The Kier molecular flexibility index (Phi) is 7.89.